The van der Waals surface area contributed by atoms with E-state index in [1.165, 1.54) is 9.96 Å². The van der Waals surface area contributed by atoms with Crippen molar-refractivity contribution in [1.82, 2.24) is 19.5 Å². The predicted octanol–water partition coefficient (Wildman–Crippen LogP) is 12.8. The number of pyridine rings is 2. The minimum absolute atomic E-state index is 0. The Kier molecular flexibility index (Phi) is 11.8. The molecule has 5 aromatic carbocycles. The van der Waals surface area contributed by atoms with E-state index in [2.05, 4.69) is 153 Å². The molecule has 4 heterocycles. The molecule has 0 saturated heterocycles. The second-order valence-corrected chi connectivity index (χ2v) is 27.7. The molecule has 5 nitrogen and oxygen atoms in total. The number of furan rings is 1. The first-order valence-corrected chi connectivity index (χ1v) is 27.0. The number of rotatable bonds is 6. The van der Waals surface area contributed by atoms with Crippen LogP contribution in [0, 0.1) is 31.4 Å². The second kappa shape index (κ2) is 16.6. The minimum atomic E-state index is -1.90. The average Bonchev–Trinajstić information content (AvgIpc) is 3.78. The Hall–Kier alpha value is -5.14. The third-order valence-corrected chi connectivity index (χ3v) is 14.7. The minimum Gasteiger partial charge on any atom is -0.477 e. The molecule has 0 atom stereocenters. The maximum absolute atomic E-state index is 6.23. The van der Waals surface area contributed by atoms with Gasteiger partial charge in [-0.1, -0.05) is 85.1 Å². The van der Waals surface area contributed by atoms with Crippen LogP contribution in [0.1, 0.15) is 37.5 Å². The van der Waals surface area contributed by atoms with Gasteiger partial charge in [-0.25, -0.2) is 0 Å². The molecule has 7 heteroatoms. The fraction of sp³-hybridized carbons (Fsp3) is 0.196. The Morgan fingerprint density at radius 3 is 2.22 bits per heavy atom. The Labute approximate surface area is 358 Å². The third-order valence-electron chi connectivity index (χ3n) is 10.3. The van der Waals surface area contributed by atoms with E-state index in [0.29, 0.717) is 5.41 Å². The van der Waals surface area contributed by atoms with Crippen LogP contribution in [-0.4, -0.2) is 32.8 Å². The van der Waals surface area contributed by atoms with E-state index in [-0.39, 0.29) is 20.1 Å². The molecule has 0 fully saturated rings. The Morgan fingerprint density at radius 2 is 1.48 bits per heavy atom. The van der Waals surface area contributed by atoms with Gasteiger partial charge in [-0.2, -0.15) is 0 Å². The van der Waals surface area contributed by atoms with E-state index in [4.69, 9.17) is 14.4 Å². The second-order valence-electron chi connectivity index (χ2n) is 17.1. The summed E-state index contributed by atoms with van der Waals surface area (Å²) < 4.78 is 9.96. The van der Waals surface area contributed by atoms with E-state index in [0.717, 1.165) is 90.0 Å². The quantitative estimate of drug-likeness (QED) is 0.123. The molecule has 9 rings (SSSR count). The standard InChI is InChI=1S/C32H22N3O.C19H26GeN.Ir/c1-20-16-23(17-29-30(20)25-13-7-9-15-28(25)36-29)32-34-31-21(2)18-33-19-27(31)35(32)26-14-8-6-12-24(26)22-10-4-3-5-11-22;1-19(2,3)13-16-12-18(15-10-8-7-9-11-15)21-14-17(16)20(4,5)6;/h3-16,18-19H,1-2H3;7-10,12,14H,13H2,1-6H3;/q2*-1;. The Morgan fingerprint density at radius 1 is 0.759 bits per heavy atom. The average molecular weight is 998 g/mol. The Balaban J connectivity index is 0.000000200. The van der Waals surface area contributed by atoms with Gasteiger partial charge in [0.1, 0.15) is 5.58 Å². The van der Waals surface area contributed by atoms with E-state index in [9.17, 15) is 0 Å². The molecule has 9 aromatic rings. The maximum Gasteiger partial charge on any atom is 0.123 e. The zero-order chi connectivity index (χ0) is 39.9. The first-order chi connectivity index (χ1) is 27.4. The van der Waals surface area contributed by atoms with Gasteiger partial charge < -0.3 is 8.98 Å². The number of fused-ring (bicyclic) bond motifs is 4. The molecule has 1 radical (unpaired) electrons. The van der Waals surface area contributed by atoms with Crippen molar-refractivity contribution >= 4 is 50.6 Å². The van der Waals surface area contributed by atoms with Crippen molar-refractivity contribution in [2.45, 2.75) is 58.3 Å². The topological polar surface area (TPSA) is 56.7 Å². The molecule has 0 aliphatic heterocycles. The van der Waals surface area contributed by atoms with Gasteiger partial charge in [0, 0.05) is 37.6 Å². The van der Waals surface area contributed by atoms with Crippen molar-refractivity contribution in [1.29, 1.82) is 0 Å². The number of imidazole rings is 1. The van der Waals surface area contributed by atoms with Crippen LogP contribution in [0.25, 0.3) is 72.4 Å². The van der Waals surface area contributed by atoms with Crippen molar-refractivity contribution in [3.8, 4) is 39.5 Å². The number of aromatic nitrogens is 4. The predicted molar refractivity (Wildman–Crippen MR) is 240 cm³/mol. The number of nitrogens with zero attached hydrogens (tertiary/aromatic N) is 4. The molecule has 0 unspecified atom stereocenters. The molecule has 0 bridgehead atoms. The molecule has 0 amide bonds. The number of aryl methyl sites for hydroxylation is 2. The summed E-state index contributed by atoms with van der Waals surface area (Å²) >= 11 is -1.90. The smallest absolute Gasteiger partial charge is 0.123 e. The first-order valence-electron chi connectivity index (χ1n) is 19.6. The summed E-state index contributed by atoms with van der Waals surface area (Å²) in [6.07, 6.45) is 7.00. The Bertz CT molecular complexity index is 2870. The fourth-order valence-corrected chi connectivity index (χ4v) is 11.1. The summed E-state index contributed by atoms with van der Waals surface area (Å²) in [5.74, 6) is 8.14. The summed E-state index contributed by atoms with van der Waals surface area (Å²) in [4.78, 5) is 14.4. The van der Waals surface area contributed by atoms with E-state index in [1.54, 1.807) is 0 Å². The molecule has 4 aromatic heterocycles. The molecular formula is C51H48GeIrN4O-2. The van der Waals surface area contributed by atoms with Gasteiger partial charge in [0.25, 0.3) is 0 Å². The van der Waals surface area contributed by atoms with Crippen LogP contribution < -0.4 is 4.40 Å². The van der Waals surface area contributed by atoms with Gasteiger partial charge in [0.05, 0.1) is 28.6 Å². The molecule has 0 aliphatic rings. The molecule has 293 valence electrons. The zero-order valence-electron chi connectivity index (χ0n) is 34.4. The fourth-order valence-electron chi connectivity index (χ4n) is 7.76. The van der Waals surface area contributed by atoms with Crippen molar-refractivity contribution < 1.29 is 24.5 Å². The largest absolute Gasteiger partial charge is 0.477 e. The number of hydrogen-bond acceptors (Lipinski definition) is 4. The van der Waals surface area contributed by atoms with Gasteiger partial charge >= 0.3 is 132 Å². The van der Waals surface area contributed by atoms with Crippen LogP contribution in [0.3, 0.4) is 0 Å². The molecule has 0 saturated carbocycles. The van der Waals surface area contributed by atoms with E-state index >= 15 is 0 Å². The van der Waals surface area contributed by atoms with Gasteiger partial charge in [-0.05, 0) is 35.6 Å². The summed E-state index contributed by atoms with van der Waals surface area (Å²) in [6, 6.07) is 46.4. The van der Waals surface area contributed by atoms with Crippen LogP contribution in [0.4, 0.5) is 0 Å². The van der Waals surface area contributed by atoms with Crippen LogP contribution in [0.2, 0.25) is 17.3 Å². The SMILES string of the molecule is CC(C)(C)Cc1cc(-c2[c-]cccc2)nc[c]1[Ge]([CH3])([CH3])[CH3].Cc1cncc2c1nc(-c1[c-]c3oc4ccccc4c3c(C)c1)n2-c1ccccc1-c1ccccc1.[Ir]. The molecule has 0 spiro atoms. The molecule has 0 aliphatic carbocycles. The summed E-state index contributed by atoms with van der Waals surface area (Å²) in [7, 11) is 0. The van der Waals surface area contributed by atoms with Crippen molar-refractivity contribution in [3.63, 3.8) is 0 Å². The van der Waals surface area contributed by atoms with Crippen LogP contribution in [-0.2, 0) is 26.5 Å². The van der Waals surface area contributed by atoms with Crippen molar-refractivity contribution in [3.05, 3.63) is 163 Å². The first kappa shape index (κ1) is 41.0. The van der Waals surface area contributed by atoms with E-state index < -0.39 is 13.3 Å². The number of benzene rings is 5. The summed E-state index contributed by atoms with van der Waals surface area (Å²) in [5.41, 5.74) is 13.8. The van der Waals surface area contributed by atoms with Gasteiger partial charge in [0.15, 0.2) is 0 Å². The van der Waals surface area contributed by atoms with Crippen molar-refractivity contribution in [2.75, 3.05) is 0 Å². The van der Waals surface area contributed by atoms with Crippen LogP contribution in [0.15, 0.2) is 138 Å². The normalized spacial score (nSPS) is 11.7. The van der Waals surface area contributed by atoms with Crippen molar-refractivity contribution in [2.24, 2.45) is 5.41 Å². The van der Waals surface area contributed by atoms with Gasteiger partial charge in [-0.15, -0.1) is 17.2 Å². The number of hydrogen-bond donors (Lipinski definition) is 0. The molecule has 0 N–H and O–H groups in total. The summed E-state index contributed by atoms with van der Waals surface area (Å²) in [5, 5.41) is 2.20. The number of para-hydroxylation sites is 2. The van der Waals surface area contributed by atoms with Crippen LogP contribution >= 0.6 is 0 Å². The van der Waals surface area contributed by atoms with Gasteiger partial charge in [0.2, 0.25) is 0 Å². The molecular weight excluding hydrogens is 949 g/mol. The van der Waals surface area contributed by atoms with E-state index in [1.807, 2.05) is 54.9 Å². The maximum atomic E-state index is 6.23. The third kappa shape index (κ3) is 8.38. The monoisotopic (exact) mass is 999 g/mol. The van der Waals surface area contributed by atoms with Crippen LogP contribution in [0.5, 0.6) is 0 Å². The van der Waals surface area contributed by atoms with Gasteiger partial charge in [-0.3, -0.25) is 9.97 Å². The summed E-state index contributed by atoms with van der Waals surface area (Å²) in [6.45, 7) is 11.1. The molecule has 58 heavy (non-hydrogen) atoms. The zero-order valence-corrected chi connectivity index (χ0v) is 38.9.